The molecule has 16 heavy (non-hydrogen) atoms. The molecule has 2 nitrogen and oxygen atoms in total. The molecule has 0 spiro atoms. The first-order chi connectivity index (χ1) is 7.42. The second-order valence-corrected chi connectivity index (χ2v) is 2.82. The highest BCUT2D eigenvalue weighted by molar-refractivity contribution is 5.51. The van der Waals surface area contributed by atoms with Crippen molar-refractivity contribution in [3.63, 3.8) is 0 Å². The Morgan fingerprint density at radius 1 is 1.31 bits per heavy atom. The van der Waals surface area contributed by atoms with Crippen molar-refractivity contribution in [2.45, 2.75) is 6.36 Å². The highest BCUT2D eigenvalue weighted by atomic mass is 19.4. The summed E-state index contributed by atoms with van der Waals surface area (Å²) in [7, 11) is 0. The molecule has 1 N–H and O–H groups in total. The van der Waals surface area contributed by atoms with E-state index < -0.39 is 17.9 Å². The topological polar surface area (TPSA) is 29.5 Å². The quantitative estimate of drug-likeness (QED) is 0.817. The van der Waals surface area contributed by atoms with Gasteiger partial charge in [0.2, 0.25) is 0 Å². The summed E-state index contributed by atoms with van der Waals surface area (Å²) in [6.45, 7) is -0.278. The van der Waals surface area contributed by atoms with Crippen LogP contribution in [0.2, 0.25) is 0 Å². The summed E-state index contributed by atoms with van der Waals surface area (Å²) in [6, 6.07) is 2.75. The molecule has 0 aliphatic rings. The van der Waals surface area contributed by atoms with Crippen LogP contribution < -0.4 is 4.74 Å². The molecule has 0 amide bonds. The molecule has 0 saturated heterocycles. The van der Waals surface area contributed by atoms with E-state index in [-0.39, 0.29) is 12.2 Å². The van der Waals surface area contributed by atoms with Gasteiger partial charge in [0.1, 0.15) is 11.6 Å². The number of alkyl halides is 3. The number of hydrogen-bond acceptors (Lipinski definition) is 2. The lowest BCUT2D eigenvalue weighted by molar-refractivity contribution is -0.274. The molecule has 1 aromatic carbocycles. The zero-order valence-corrected chi connectivity index (χ0v) is 7.96. The van der Waals surface area contributed by atoms with Gasteiger partial charge in [0.25, 0.3) is 0 Å². The smallest absolute Gasteiger partial charge is 0.406 e. The Morgan fingerprint density at radius 2 is 2.00 bits per heavy atom. The van der Waals surface area contributed by atoms with Gasteiger partial charge < -0.3 is 9.84 Å². The third-order valence-electron chi connectivity index (χ3n) is 1.61. The van der Waals surface area contributed by atoms with Crippen molar-refractivity contribution in [3.8, 4) is 5.75 Å². The third kappa shape index (κ3) is 3.90. The van der Waals surface area contributed by atoms with Gasteiger partial charge in [-0.3, -0.25) is 0 Å². The van der Waals surface area contributed by atoms with Crippen LogP contribution in [0.1, 0.15) is 5.56 Å². The van der Waals surface area contributed by atoms with E-state index in [9.17, 15) is 17.6 Å². The van der Waals surface area contributed by atoms with Gasteiger partial charge in [-0.05, 0) is 12.1 Å². The molecule has 0 heterocycles. The Bertz CT molecular complexity index is 385. The molecule has 0 fully saturated rings. The second-order valence-electron chi connectivity index (χ2n) is 2.82. The van der Waals surface area contributed by atoms with Crippen LogP contribution in [0.15, 0.2) is 24.3 Å². The van der Waals surface area contributed by atoms with Gasteiger partial charge >= 0.3 is 6.36 Å². The van der Waals surface area contributed by atoms with Gasteiger partial charge in [0, 0.05) is 11.6 Å². The summed E-state index contributed by atoms with van der Waals surface area (Å²) in [6.07, 6.45) is -2.32. The first-order valence-electron chi connectivity index (χ1n) is 4.25. The molecule has 0 radical (unpaired) electrons. The number of hydrogen-bond donors (Lipinski definition) is 1. The highest BCUT2D eigenvalue weighted by Gasteiger charge is 2.31. The zero-order valence-electron chi connectivity index (χ0n) is 7.96. The van der Waals surface area contributed by atoms with Gasteiger partial charge in [-0.2, -0.15) is 0 Å². The second kappa shape index (κ2) is 4.98. The van der Waals surface area contributed by atoms with E-state index in [1.807, 2.05) is 0 Å². The van der Waals surface area contributed by atoms with Gasteiger partial charge in [0.05, 0.1) is 6.61 Å². The van der Waals surface area contributed by atoms with Crippen molar-refractivity contribution >= 4 is 6.08 Å². The van der Waals surface area contributed by atoms with Crippen LogP contribution in [-0.4, -0.2) is 18.1 Å². The third-order valence-corrected chi connectivity index (χ3v) is 1.61. The zero-order chi connectivity index (χ0) is 12.2. The minimum atomic E-state index is -4.84. The Morgan fingerprint density at radius 3 is 2.50 bits per heavy atom. The molecule has 6 heteroatoms. The van der Waals surface area contributed by atoms with Crippen LogP contribution in [0.5, 0.6) is 5.75 Å². The van der Waals surface area contributed by atoms with Crippen molar-refractivity contribution in [1.29, 1.82) is 0 Å². The molecule has 0 aliphatic heterocycles. The number of aliphatic hydroxyl groups excluding tert-OH is 1. The van der Waals surface area contributed by atoms with Crippen LogP contribution in [0.25, 0.3) is 6.08 Å². The van der Waals surface area contributed by atoms with E-state index in [0.29, 0.717) is 6.07 Å². The van der Waals surface area contributed by atoms with Gasteiger partial charge in [-0.15, -0.1) is 13.2 Å². The number of ether oxygens (including phenoxy) is 1. The van der Waals surface area contributed by atoms with Crippen LogP contribution >= 0.6 is 0 Å². The van der Waals surface area contributed by atoms with Crippen molar-refractivity contribution < 1.29 is 27.4 Å². The summed E-state index contributed by atoms with van der Waals surface area (Å²) in [5.41, 5.74) is 0.0728. The van der Waals surface area contributed by atoms with E-state index >= 15 is 0 Å². The van der Waals surface area contributed by atoms with Gasteiger partial charge in [0.15, 0.2) is 0 Å². The van der Waals surface area contributed by atoms with E-state index in [1.54, 1.807) is 0 Å². The number of rotatable bonds is 3. The molecule has 0 saturated carbocycles. The fourth-order valence-corrected chi connectivity index (χ4v) is 1.02. The minimum Gasteiger partial charge on any atom is -0.406 e. The molecule has 0 aromatic heterocycles. The van der Waals surface area contributed by atoms with Crippen LogP contribution in [-0.2, 0) is 0 Å². The molecule has 1 aromatic rings. The molecule has 0 unspecified atom stereocenters. The summed E-state index contributed by atoms with van der Waals surface area (Å²) < 4.78 is 52.1. The van der Waals surface area contributed by atoms with Gasteiger partial charge in [-0.1, -0.05) is 12.2 Å². The molecular weight excluding hydrogens is 228 g/mol. The number of halogens is 4. The van der Waals surface area contributed by atoms with Crippen molar-refractivity contribution in [2.75, 3.05) is 6.61 Å². The van der Waals surface area contributed by atoms with Crippen LogP contribution in [0, 0.1) is 5.82 Å². The lowest BCUT2D eigenvalue weighted by atomic mass is 10.2. The average Bonchev–Trinajstić information content (AvgIpc) is 2.14. The normalized spacial score (nSPS) is 12.1. The monoisotopic (exact) mass is 236 g/mol. The molecule has 0 atom stereocenters. The van der Waals surface area contributed by atoms with E-state index in [2.05, 4.69) is 4.74 Å². The number of benzene rings is 1. The molecule has 88 valence electrons. The maximum atomic E-state index is 13.2. The molecule has 0 aliphatic carbocycles. The Kier molecular flexibility index (Phi) is 3.89. The van der Waals surface area contributed by atoms with E-state index in [0.717, 1.165) is 12.1 Å². The summed E-state index contributed by atoms with van der Waals surface area (Å²) >= 11 is 0. The van der Waals surface area contributed by atoms with Crippen molar-refractivity contribution in [2.24, 2.45) is 0 Å². The average molecular weight is 236 g/mol. The van der Waals surface area contributed by atoms with E-state index in [4.69, 9.17) is 5.11 Å². The minimum absolute atomic E-state index is 0.0728. The Balaban J connectivity index is 2.87. The molecule has 0 bridgehead atoms. The standard InChI is InChI=1S/C10H8F4O2/c11-9-6-8(16-10(12,13)14)4-3-7(9)2-1-5-15/h1-4,6,15H,5H2. The summed E-state index contributed by atoms with van der Waals surface area (Å²) in [5, 5.41) is 8.44. The lowest BCUT2D eigenvalue weighted by Crippen LogP contribution is -2.17. The molecule has 1 rings (SSSR count). The van der Waals surface area contributed by atoms with Crippen LogP contribution in [0.3, 0.4) is 0 Å². The SMILES string of the molecule is OCC=Cc1ccc(OC(F)(F)F)cc1F. The lowest BCUT2D eigenvalue weighted by Gasteiger charge is -2.09. The maximum Gasteiger partial charge on any atom is 0.573 e. The predicted molar refractivity (Wildman–Crippen MR) is 49.2 cm³/mol. The highest BCUT2D eigenvalue weighted by Crippen LogP contribution is 2.24. The first kappa shape index (κ1) is 12.5. The van der Waals surface area contributed by atoms with Gasteiger partial charge in [-0.25, -0.2) is 4.39 Å². The maximum absolute atomic E-state index is 13.2. The summed E-state index contributed by atoms with van der Waals surface area (Å²) in [5.74, 6) is -1.47. The number of aliphatic hydroxyl groups is 1. The Labute approximate surface area is 88.8 Å². The predicted octanol–water partition coefficient (Wildman–Crippen LogP) is 2.73. The van der Waals surface area contributed by atoms with E-state index in [1.165, 1.54) is 12.2 Å². The largest absolute Gasteiger partial charge is 0.573 e. The summed E-state index contributed by atoms with van der Waals surface area (Å²) in [4.78, 5) is 0. The fourth-order valence-electron chi connectivity index (χ4n) is 1.02. The van der Waals surface area contributed by atoms with Crippen LogP contribution in [0.4, 0.5) is 17.6 Å². The van der Waals surface area contributed by atoms with Crippen molar-refractivity contribution in [1.82, 2.24) is 0 Å². The molecular formula is C10H8F4O2. The first-order valence-corrected chi connectivity index (χ1v) is 4.25. The Hall–Kier alpha value is -1.56. The van der Waals surface area contributed by atoms with Crippen molar-refractivity contribution in [3.05, 3.63) is 35.7 Å². The fraction of sp³-hybridized carbons (Fsp3) is 0.200.